The molecule has 5 nitrogen and oxygen atoms in total. The first-order valence-electron chi connectivity index (χ1n) is 9.02. The zero-order valence-electron chi connectivity index (χ0n) is 15.2. The van der Waals surface area contributed by atoms with Crippen molar-refractivity contribution in [3.8, 4) is 22.9 Å². The molecule has 7 heteroatoms. The van der Waals surface area contributed by atoms with Crippen molar-refractivity contribution in [3.05, 3.63) is 89.4 Å². The summed E-state index contributed by atoms with van der Waals surface area (Å²) in [6.45, 7) is 0. The lowest BCUT2D eigenvalue weighted by Crippen LogP contribution is -2.13. The topological polar surface area (TPSA) is 52.3 Å². The Balaban J connectivity index is 1.42. The maximum absolute atomic E-state index is 6.00. The Morgan fingerprint density at radius 1 is 0.793 bits per heavy atom. The first kappa shape index (κ1) is 18.0. The van der Waals surface area contributed by atoms with Crippen LogP contribution in [0.25, 0.3) is 11.4 Å². The molecule has 0 unspecified atom stereocenters. The Morgan fingerprint density at radius 3 is 2.24 bits per heavy atom. The molecule has 142 valence electrons. The molecule has 0 spiro atoms. The number of ether oxygens (including phenoxy) is 1. The smallest absolute Gasteiger partial charge is 0.212 e. The second kappa shape index (κ2) is 7.73. The minimum atomic E-state index is 0.684. The molecule has 0 amide bonds. The number of halogens is 1. The molecule has 0 bridgehead atoms. The van der Waals surface area contributed by atoms with Crippen molar-refractivity contribution in [2.75, 3.05) is 5.75 Å². The van der Waals surface area contributed by atoms with E-state index in [-0.39, 0.29) is 0 Å². The summed E-state index contributed by atoms with van der Waals surface area (Å²) in [6, 6.07) is 25.2. The van der Waals surface area contributed by atoms with Crippen molar-refractivity contribution in [2.45, 2.75) is 5.16 Å². The summed E-state index contributed by atoms with van der Waals surface area (Å²) in [5, 5.41) is 14.8. The number of benzene rings is 3. The van der Waals surface area contributed by atoms with Crippen molar-refractivity contribution in [2.24, 2.45) is 5.10 Å². The van der Waals surface area contributed by atoms with Gasteiger partial charge >= 0.3 is 0 Å². The third kappa shape index (κ3) is 3.77. The van der Waals surface area contributed by atoms with Crippen LogP contribution in [0.5, 0.6) is 11.5 Å². The van der Waals surface area contributed by atoms with Crippen molar-refractivity contribution >= 4 is 29.1 Å². The first-order chi connectivity index (χ1) is 14.3. The second-order valence-corrected chi connectivity index (χ2v) is 7.78. The van der Waals surface area contributed by atoms with E-state index < -0.39 is 0 Å². The van der Waals surface area contributed by atoms with E-state index in [1.165, 1.54) is 0 Å². The third-order valence-corrected chi connectivity index (χ3v) is 5.62. The highest BCUT2D eigenvalue weighted by molar-refractivity contribution is 7.99. The van der Waals surface area contributed by atoms with Crippen LogP contribution in [0.2, 0.25) is 5.02 Å². The summed E-state index contributed by atoms with van der Waals surface area (Å²) in [5.74, 6) is 3.03. The van der Waals surface area contributed by atoms with Crippen LogP contribution in [-0.2, 0) is 0 Å². The van der Waals surface area contributed by atoms with Crippen LogP contribution in [0.3, 0.4) is 0 Å². The van der Waals surface area contributed by atoms with Crippen LogP contribution in [0.1, 0.15) is 5.56 Å². The number of hydrogen-bond acceptors (Lipinski definition) is 5. The van der Waals surface area contributed by atoms with E-state index >= 15 is 0 Å². The van der Waals surface area contributed by atoms with Gasteiger partial charge in [0, 0.05) is 16.3 Å². The number of para-hydroxylation sites is 1. The molecule has 0 fully saturated rings. The molecule has 0 saturated heterocycles. The van der Waals surface area contributed by atoms with E-state index in [0.29, 0.717) is 10.8 Å². The summed E-state index contributed by atoms with van der Waals surface area (Å²) < 4.78 is 7.66. The van der Waals surface area contributed by atoms with E-state index in [1.54, 1.807) is 16.4 Å². The normalized spacial score (nSPS) is 12.9. The fourth-order valence-electron chi connectivity index (χ4n) is 2.99. The Kier molecular flexibility index (Phi) is 4.79. The van der Waals surface area contributed by atoms with Gasteiger partial charge in [-0.05, 0) is 66.2 Å². The third-order valence-electron chi connectivity index (χ3n) is 4.44. The van der Waals surface area contributed by atoms with Crippen molar-refractivity contribution in [1.29, 1.82) is 0 Å². The van der Waals surface area contributed by atoms with E-state index in [1.807, 2.05) is 78.9 Å². The molecule has 0 aliphatic carbocycles. The van der Waals surface area contributed by atoms with Crippen LogP contribution in [0.4, 0.5) is 0 Å². The number of nitrogens with zero attached hydrogens (tertiary/aromatic N) is 4. The van der Waals surface area contributed by atoms with Gasteiger partial charge in [-0.2, -0.15) is 9.78 Å². The molecule has 0 atom stereocenters. The number of hydrogen-bond donors (Lipinski definition) is 0. The molecule has 0 N–H and O–H groups in total. The van der Waals surface area contributed by atoms with Crippen molar-refractivity contribution < 1.29 is 4.74 Å². The minimum Gasteiger partial charge on any atom is -0.457 e. The van der Waals surface area contributed by atoms with Crippen LogP contribution in [-0.4, -0.2) is 26.3 Å². The van der Waals surface area contributed by atoms with Crippen LogP contribution in [0.15, 0.2) is 89.1 Å². The fourth-order valence-corrected chi connectivity index (χ4v) is 3.95. The highest BCUT2D eigenvalue weighted by Crippen LogP contribution is 2.29. The molecule has 3 aromatic carbocycles. The van der Waals surface area contributed by atoms with Gasteiger partial charge in [-0.3, -0.25) is 0 Å². The summed E-state index contributed by atoms with van der Waals surface area (Å²) in [4.78, 5) is 0. The van der Waals surface area contributed by atoms with E-state index in [9.17, 15) is 0 Å². The Hall–Kier alpha value is -3.09. The summed E-state index contributed by atoms with van der Waals surface area (Å²) in [7, 11) is 0. The maximum Gasteiger partial charge on any atom is 0.212 e. The van der Waals surface area contributed by atoms with Crippen LogP contribution in [0, 0.1) is 0 Å². The summed E-state index contributed by atoms with van der Waals surface area (Å²) in [5.41, 5.74) is 2.92. The first-order valence-corrected chi connectivity index (χ1v) is 10.4. The van der Waals surface area contributed by atoms with Crippen LogP contribution < -0.4 is 4.74 Å². The second-order valence-electron chi connectivity index (χ2n) is 6.40. The van der Waals surface area contributed by atoms with Gasteiger partial charge in [0.15, 0.2) is 5.82 Å². The molecule has 1 aromatic heterocycles. The SMILES string of the molecule is Clc1ccc(-c2nnc3n2N=C(c2ccc(Oc4ccccc4)cc2)CS3)cc1. The van der Waals surface area contributed by atoms with Gasteiger partial charge in [-0.1, -0.05) is 41.6 Å². The largest absolute Gasteiger partial charge is 0.457 e. The molecule has 1 aliphatic rings. The number of aromatic nitrogens is 3. The predicted molar refractivity (Wildman–Crippen MR) is 116 cm³/mol. The quantitative estimate of drug-likeness (QED) is 0.423. The molecule has 2 heterocycles. The van der Waals surface area contributed by atoms with Crippen LogP contribution >= 0.6 is 23.4 Å². The van der Waals surface area contributed by atoms with E-state index in [0.717, 1.165) is 39.2 Å². The summed E-state index contributed by atoms with van der Waals surface area (Å²) >= 11 is 7.62. The van der Waals surface area contributed by atoms with Crippen molar-refractivity contribution in [3.63, 3.8) is 0 Å². The van der Waals surface area contributed by atoms with Gasteiger partial charge in [0.25, 0.3) is 0 Å². The highest BCUT2D eigenvalue weighted by Gasteiger charge is 2.20. The summed E-state index contributed by atoms with van der Waals surface area (Å²) in [6.07, 6.45) is 0. The molecule has 0 saturated carbocycles. The number of fused-ring (bicyclic) bond motifs is 1. The average molecular weight is 419 g/mol. The molecular weight excluding hydrogens is 404 g/mol. The number of thioether (sulfide) groups is 1. The van der Waals surface area contributed by atoms with E-state index in [4.69, 9.17) is 21.4 Å². The lowest BCUT2D eigenvalue weighted by molar-refractivity contribution is 0.482. The van der Waals surface area contributed by atoms with Gasteiger partial charge < -0.3 is 4.74 Å². The molecule has 0 radical (unpaired) electrons. The molecule has 4 aromatic rings. The monoisotopic (exact) mass is 418 g/mol. The van der Waals surface area contributed by atoms with Crippen molar-refractivity contribution in [1.82, 2.24) is 14.9 Å². The zero-order chi connectivity index (χ0) is 19.6. The van der Waals surface area contributed by atoms with Gasteiger partial charge in [0.2, 0.25) is 5.16 Å². The van der Waals surface area contributed by atoms with Gasteiger partial charge in [0.05, 0.1) is 5.71 Å². The van der Waals surface area contributed by atoms with Gasteiger partial charge in [0.1, 0.15) is 11.5 Å². The Labute approximate surface area is 177 Å². The highest BCUT2D eigenvalue weighted by atomic mass is 35.5. The Bertz CT molecular complexity index is 1170. The molecule has 29 heavy (non-hydrogen) atoms. The lowest BCUT2D eigenvalue weighted by Gasteiger charge is -2.14. The van der Waals surface area contributed by atoms with Gasteiger partial charge in [-0.15, -0.1) is 10.2 Å². The fraction of sp³-hybridized carbons (Fsp3) is 0.0455. The zero-order valence-corrected chi connectivity index (χ0v) is 16.8. The lowest BCUT2D eigenvalue weighted by atomic mass is 10.1. The van der Waals surface area contributed by atoms with Gasteiger partial charge in [-0.25, -0.2) is 0 Å². The number of rotatable bonds is 4. The average Bonchev–Trinajstić information content (AvgIpc) is 3.19. The molecular formula is C22H15ClN4OS. The maximum atomic E-state index is 6.00. The standard InChI is InChI=1S/C22H15ClN4OS/c23-17-10-6-16(7-11-17)21-24-25-22-27(21)26-20(14-29-22)15-8-12-19(13-9-15)28-18-4-2-1-3-5-18/h1-13H,14H2. The minimum absolute atomic E-state index is 0.684. The molecule has 1 aliphatic heterocycles. The Morgan fingerprint density at radius 2 is 1.48 bits per heavy atom. The van der Waals surface area contributed by atoms with E-state index in [2.05, 4.69) is 10.2 Å². The molecule has 5 rings (SSSR count). The predicted octanol–water partition coefficient (Wildman–Crippen LogP) is 5.75.